The molecule has 0 bridgehead atoms. The van der Waals surface area contributed by atoms with E-state index in [2.05, 4.69) is 10.4 Å². The largest absolute Gasteiger partial charge is 0.354 e. The van der Waals surface area contributed by atoms with Crippen molar-refractivity contribution in [2.45, 2.75) is 25.4 Å². The zero-order chi connectivity index (χ0) is 14.4. The number of hydrogen-bond donors (Lipinski definition) is 2. The quantitative estimate of drug-likeness (QED) is 0.778. The minimum absolute atomic E-state index is 0.163. The second kappa shape index (κ2) is 6.34. The number of nitrogens with zero attached hydrogens (tertiary/aromatic N) is 2. The van der Waals surface area contributed by atoms with Gasteiger partial charge in [0, 0.05) is 25.5 Å². The summed E-state index contributed by atoms with van der Waals surface area (Å²) in [5.74, 6) is -0.163. The van der Waals surface area contributed by atoms with Crippen molar-refractivity contribution in [1.82, 2.24) is 15.1 Å². The van der Waals surface area contributed by atoms with Gasteiger partial charge in [-0.25, -0.2) is 0 Å². The lowest BCUT2D eigenvalue weighted by Gasteiger charge is -2.24. The van der Waals surface area contributed by atoms with Crippen molar-refractivity contribution in [3.63, 3.8) is 0 Å². The highest BCUT2D eigenvalue weighted by Gasteiger charge is 2.29. The zero-order valence-electron chi connectivity index (χ0n) is 11.6. The van der Waals surface area contributed by atoms with Gasteiger partial charge in [0.2, 0.25) is 5.91 Å². The highest BCUT2D eigenvalue weighted by Crippen LogP contribution is 2.17. The molecular weight excluding hydrogens is 252 g/mol. The fourth-order valence-electron chi connectivity index (χ4n) is 1.97. The standard InChI is InChI=1S/C15H20N4O/c1-15(16,13-7-3-2-4-8-13)14(20)17-9-5-11-19-12-6-10-18-19/h2-4,6-8,10,12H,5,9,11,16H2,1H3,(H,17,20). The van der Waals surface area contributed by atoms with Crippen LogP contribution < -0.4 is 11.1 Å². The van der Waals surface area contributed by atoms with Gasteiger partial charge in [-0.05, 0) is 25.0 Å². The molecule has 1 amide bonds. The van der Waals surface area contributed by atoms with Crippen molar-refractivity contribution < 1.29 is 4.79 Å². The first-order valence-electron chi connectivity index (χ1n) is 6.71. The van der Waals surface area contributed by atoms with Gasteiger partial charge in [-0.2, -0.15) is 5.10 Å². The maximum absolute atomic E-state index is 12.2. The molecule has 20 heavy (non-hydrogen) atoms. The normalized spacial score (nSPS) is 13.7. The summed E-state index contributed by atoms with van der Waals surface area (Å²) in [5.41, 5.74) is 5.93. The van der Waals surface area contributed by atoms with Crippen molar-refractivity contribution in [1.29, 1.82) is 0 Å². The number of nitrogens with one attached hydrogen (secondary N) is 1. The number of aryl methyl sites for hydroxylation is 1. The summed E-state index contributed by atoms with van der Waals surface area (Å²) < 4.78 is 1.84. The van der Waals surface area contributed by atoms with Gasteiger partial charge < -0.3 is 11.1 Å². The molecule has 1 unspecified atom stereocenters. The van der Waals surface area contributed by atoms with E-state index in [0.717, 1.165) is 18.5 Å². The minimum atomic E-state index is -1.01. The summed E-state index contributed by atoms with van der Waals surface area (Å²) in [5, 5.41) is 6.99. The lowest BCUT2D eigenvalue weighted by atomic mass is 9.92. The molecule has 1 heterocycles. The third kappa shape index (κ3) is 3.45. The minimum Gasteiger partial charge on any atom is -0.354 e. The van der Waals surface area contributed by atoms with Crippen molar-refractivity contribution in [2.24, 2.45) is 5.73 Å². The Balaban J connectivity index is 1.82. The van der Waals surface area contributed by atoms with E-state index in [1.54, 1.807) is 13.1 Å². The lowest BCUT2D eigenvalue weighted by molar-refractivity contribution is -0.126. The Morgan fingerprint density at radius 3 is 2.75 bits per heavy atom. The van der Waals surface area contributed by atoms with Crippen molar-refractivity contribution in [3.8, 4) is 0 Å². The zero-order valence-corrected chi connectivity index (χ0v) is 11.6. The molecule has 0 saturated carbocycles. The van der Waals surface area contributed by atoms with Crippen LogP contribution in [0.3, 0.4) is 0 Å². The SMILES string of the molecule is CC(N)(C(=O)NCCCn1cccn1)c1ccccc1. The molecule has 2 aromatic rings. The number of amides is 1. The van der Waals surface area contributed by atoms with Crippen LogP contribution in [0.5, 0.6) is 0 Å². The van der Waals surface area contributed by atoms with Crippen LogP contribution in [0.25, 0.3) is 0 Å². The first-order chi connectivity index (χ1) is 9.60. The second-order valence-electron chi connectivity index (χ2n) is 4.95. The van der Waals surface area contributed by atoms with E-state index in [-0.39, 0.29) is 5.91 Å². The monoisotopic (exact) mass is 272 g/mol. The number of carbonyl (C=O) groups excluding carboxylic acids is 1. The number of hydrogen-bond acceptors (Lipinski definition) is 3. The molecule has 0 aliphatic heterocycles. The highest BCUT2D eigenvalue weighted by atomic mass is 16.2. The topological polar surface area (TPSA) is 72.9 Å². The Morgan fingerprint density at radius 2 is 2.10 bits per heavy atom. The predicted molar refractivity (Wildman–Crippen MR) is 77.8 cm³/mol. The molecule has 0 spiro atoms. The fraction of sp³-hybridized carbons (Fsp3) is 0.333. The molecule has 0 aliphatic carbocycles. The average Bonchev–Trinajstić information content (AvgIpc) is 2.97. The number of benzene rings is 1. The molecule has 0 fully saturated rings. The van der Waals surface area contributed by atoms with Gasteiger partial charge in [-0.15, -0.1) is 0 Å². The van der Waals surface area contributed by atoms with Crippen LogP contribution >= 0.6 is 0 Å². The van der Waals surface area contributed by atoms with Crippen molar-refractivity contribution in [2.75, 3.05) is 6.54 Å². The Morgan fingerprint density at radius 1 is 1.35 bits per heavy atom. The van der Waals surface area contributed by atoms with Crippen LogP contribution in [0.1, 0.15) is 18.9 Å². The second-order valence-corrected chi connectivity index (χ2v) is 4.95. The molecule has 1 aromatic heterocycles. The molecule has 2 rings (SSSR count). The molecule has 106 valence electrons. The number of rotatable bonds is 6. The number of nitrogens with two attached hydrogens (primary N) is 1. The van der Waals surface area contributed by atoms with Gasteiger partial charge in [-0.3, -0.25) is 9.48 Å². The van der Waals surface area contributed by atoms with Gasteiger partial charge in [0.05, 0.1) is 0 Å². The molecule has 0 radical (unpaired) electrons. The lowest BCUT2D eigenvalue weighted by Crippen LogP contribution is -2.49. The average molecular weight is 272 g/mol. The van der Waals surface area contributed by atoms with Crippen LogP contribution in [0.4, 0.5) is 0 Å². The molecule has 5 nitrogen and oxygen atoms in total. The number of carbonyl (C=O) groups is 1. The number of aromatic nitrogens is 2. The molecule has 0 saturated heterocycles. The van der Waals surface area contributed by atoms with Crippen molar-refractivity contribution >= 4 is 5.91 Å². The molecule has 1 atom stereocenters. The maximum atomic E-state index is 12.2. The van der Waals surface area contributed by atoms with E-state index >= 15 is 0 Å². The summed E-state index contributed by atoms with van der Waals surface area (Å²) in [6.45, 7) is 3.09. The third-order valence-electron chi connectivity index (χ3n) is 3.25. The van der Waals surface area contributed by atoms with Crippen molar-refractivity contribution in [3.05, 3.63) is 54.4 Å². The molecule has 1 aromatic carbocycles. The van der Waals surface area contributed by atoms with E-state index in [4.69, 9.17) is 5.73 Å². The highest BCUT2D eigenvalue weighted by molar-refractivity contribution is 5.86. The fourth-order valence-corrected chi connectivity index (χ4v) is 1.97. The van der Waals surface area contributed by atoms with E-state index in [1.807, 2.05) is 47.3 Å². The van der Waals surface area contributed by atoms with Crippen LogP contribution in [0, 0.1) is 0 Å². The molecule has 5 heteroatoms. The third-order valence-corrected chi connectivity index (χ3v) is 3.25. The van der Waals surface area contributed by atoms with E-state index in [0.29, 0.717) is 6.54 Å². The Labute approximate surface area is 118 Å². The van der Waals surface area contributed by atoms with Gasteiger partial charge in [0.15, 0.2) is 0 Å². The van der Waals surface area contributed by atoms with E-state index < -0.39 is 5.54 Å². The van der Waals surface area contributed by atoms with Crippen LogP contribution in [-0.2, 0) is 16.9 Å². The van der Waals surface area contributed by atoms with Gasteiger partial charge in [0.1, 0.15) is 5.54 Å². The Hall–Kier alpha value is -2.14. The Kier molecular flexibility index (Phi) is 4.53. The van der Waals surface area contributed by atoms with E-state index in [1.165, 1.54) is 0 Å². The first-order valence-corrected chi connectivity index (χ1v) is 6.71. The maximum Gasteiger partial charge on any atom is 0.244 e. The summed E-state index contributed by atoms with van der Waals surface area (Å²) in [6, 6.07) is 11.3. The predicted octanol–water partition coefficient (Wildman–Crippen LogP) is 1.26. The molecular formula is C15H20N4O. The van der Waals surface area contributed by atoms with Crippen LogP contribution in [-0.4, -0.2) is 22.2 Å². The summed E-state index contributed by atoms with van der Waals surface area (Å²) in [6.07, 6.45) is 4.46. The van der Waals surface area contributed by atoms with Gasteiger partial charge in [-0.1, -0.05) is 30.3 Å². The molecule has 0 aliphatic rings. The van der Waals surface area contributed by atoms with Gasteiger partial charge in [0.25, 0.3) is 0 Å². The summed E-state index contributed by atoms with van der Waals surface area (Å²) in [7, 11) is 0. The van der Waals surface area contributed by atoms with Gasteiger partial charge >= 0.3 is 0 Å². The Bertz CT molecular complexity index is 534. The summed E-state index contributed by atoms with van der Waals surface area (Å²) in [4.78, 5) is 12.2. The smallest absolute Gasteiger partial charge is 0.244 e. The summed E-state index contributed by atoms with van der Waals surface area (Å²) >= 11 is 0. The molecule has 3 N–H and O–H groups in total. The van der Waals surface area contributed by atoms with Crippen LogP contribution in [0.2, 0.25) is 0 Å². The van der Waals surface area contributed by atoms with E-state index in [9.17, 15) is 4.79 Å². The first kappa shape index (κ1) is 14.3. The van der Waals surface area contributed by atoms with Crippen LogP contribution in [0.15, 0.2) is 48.8 Å².